The Morgan fingerprint density at radius 2 is 1.86 bits per heavy atom. The lowest BCUT2D eigenvalue weighted by molar-refractivity contribution is 0.471. The number of benzene rings is 2. The molecule has 0 bridgehead atoms. The van der Waals surface area contributed by atoms with Gasteiger partial charge in [0.25, 0.3) is 10.2 Å². The first-order valence-electron chi connectivity index (χ1n) is 5.95. The van der Waals surface area contributed by atoms with Crippen molar-refractivity contribution in [3.05, 3.63) is 52.5 Å². The van der Waals surface area contributed by atoms with Crippen LogP contribution in [-0.2, 0) is 16.8 Å². The molecule has 5 N–H and O–H groups in total. The monoisotopic (exact) mass is 371 g/mol. The van der Waals surface area contributed by atoms with Crippen LogP contribution in [0.15, 0.2) is 46.9 Å². The first-order valence-corrected chi connectivity index (χ1v) is 8.29. The van der Waals surface area contributed by atoms with Gasteiger partial charge in [0.1, 0.15) is 5.75 Å². The standard InChI is InChI=1S/C13H14BrN3O3S/c14-12-6-9(4-5-13(12)18)8-16-10-2-1-3-11(7-10)17-21(15,19)20/h1-7,16-18H,8H2,(H2,15,19,20). The number of phenols is 1. The van der Waals surface area contributed by atoms with Crippen LogP contribution in [-0.4, -0.2) is 13.5 Å². The second kappa shape index (κ2) is 6.33. The van der Waals surface area contributed by atoms with E-state index in [9.17, 15) is 13.5 Å². The third-order valence-corrected chi connectivity index (χ3v) is 3.79. The Bertz CT molecular complexity index is 750. The van der Waals surface area contributed by atoms with Crippen LogP contribution in [0.3, 0.4) is 0 Å². The lowest BCUT2D eigenvalue weighted by atomic mass is 10.2. The van der Waals surface area contributed by atoms with Crippen molar-refractivity contribution in [1.29, 1.82) is 0 Å². The fraction of sp³-hybridized carbons (Fsp3) is 0.0769. The summed E-state index contributed by atoms with van der Waals surface area (Å²) >= 11 is 3.25. The normalized spacial score (nSPS) is 11.1. The fourth-order valence-electron chi connectivity index (χ4n) is 1.72. The number of hydrogen-bond donors (Lipinski definition) is 4. The molecule has 0 aliphatic rings. The molecule has 0 aromatic heterocycles. The summed E-state index contributed by atoms with van der Waals surface area (Å²) in [6.45, 7) is 0.526. The van der Waals surface area contributed by atoms with E-state index in [1.807, 2.05) is 6.07 Å². The average Bonchev–Trinajstić information content (AvgIpc) is 2.39. The molecular formula is C13H14BrN3O3S. The largest absolute Gasteiger partial charge is 0.507 e. The first-order chi connectivity index (χ1) is 9.83. The van der Waals surface area contributed by atoms with E-state index in [4.69, 9.17) is 5.14 Å². The Balaban J connectivity index is 2.06. The maximum Gasteiger partial charge on any atom is 0.296 e. The van der Waals surface area contributed by atoms with E-state index in [2.05, 4.69) is 26.0 Å². The zero-order valence-electron chi connectivity index (χ0n) is 10.9. The zero-order valence-corrected chi connectivity index (χ0v) is 13.3. The van der Waals surface area contributed by atoms with Gasteiger partial charge in [0.05, 0.1) is 10.2 Å². The van der Waals surface area contributed by atoms with Crippen LogP contribution in [0.4, 0.5) is 11.4 Å². The van der Waals surface area contributed by atoms with Crippen LogP contribution in [0.1, 0.15) is 5.56 Å². The van der Waals surface area contributed by atoms with Crippen molar-refractivity contribution in [2.75, 3.05) is 10.0 Å². The molecule has 0 fully saturated rings. The number of rotatable bonds is 5. The lowest BCUT2D eigenvalue weighted by Gasteiger charge is -2.10. The SMILES string of the molecule is NS(=O)(=O)Nc1cccc(NCc2ccc(O)c(Br)c2)c1. The number of nitrogens with two attached hydrogens (primary N) is 1. The maximum atomic E-state index is 11.0. The minimum atomic E-state index is -3.78. The van der Waals surface area contributed by atoms with E-state index in [0.717, 1.165) is 11.3 Å². The summed E-state index contributed by atoms with van der Waals surface area (Å²) in [7, 11) is -3.78. The van der Waals surface area contributed by atoms with Gasteiger partial charge in [0.15, 0.2) is 0 Å². The highest BCUT2D eigenvalue weighted by Gasteiger charge is 2.03. The summed E-state index contributed by atoms with van der Waals surface area (Å²) in [5.74, 6) is 0.179. The Morgan fingerprint density at radius 3 is 2.52 bits per heavy atom. The molecule has 0 heterocycles. The lowest BCUT2D eigenvalue weighted by Crippen LogP contribution is -2.21. The number of phenolic OH excluding ortho intramolecular Hbond substituents is 1. The Morgan fingerprint density at radius 1 is 1.14 bits per heavy atom. The second-order valence-electron chi connectivity index (χ2n) is 4.37. The van der Waals surface area contributed by atoms with E-state index < -0.39 is 10.2 Å². The van der Waals surface area contributed by atoms with Gasteiger partial charge in [-0.05, 0) is 51.8 Å². The quantitative estimate of drug-likeness (QED) is 0.647. The molecule has 8 heteroatoms. The topological polar surface area (TPSA) is 104 Å². The third kappa shape index (κ3) is 4.92. The van der Waals surface area contributed by atoms with Crippen molar-refractivity contribution in [2.45, 2.75) is 6.54 Å². The zero-order chi connectivity index (χ0) is 15.5. The molecule has 0 saturated carbocycles. The number of nitrogens with one attached hydrogen (secondary N) is 2. The van der Waals surface area contributed by atoms with Gasteiger partial charge >= 0.3 is 0 Å². The second-order valence-corrected chi connectivity index (χ2v) is 6.52. The Kier molecular flexibility index (Phi) is 4.71. The molecule has 2 aromatic rings. The predicted molar refractivity (Wildman–Crippen MR) is 86.3 cm³/mol. The average molecular weight is 372 g/mol. The van der Waals surface area contributed by atoms with Crippen molar-refractivity contribution < 1.29 is 13.5 Å². The van der Waals surface area contributed by atoms with Gasteiger partial charge in [0, 0.05) is 12.2 Å². The summed E-state index contributed by atoms with van der Waals surface area (Å²) in [4.78, 5) is 0. The van der Waals surface area contributed by atoms with E-state index in [1.165, 1.54) is 0 Å². The van der Waals surface area contributed by atoms with E-state index in [1.54, 1.807) is 36.4 Å². The predicted octanol–water partition coefficient (Wildman–Crippen LogP) is 2.38. The van der Waals surface area contributed by atoms with Gasteiger partial charge in [-0.1, -0.05) is 12.1 Å². The number of anilines is 2. The van der Waals surface area contributed by atoms with Gasteiger partial charge in [-0.15, -0.1) is 0 Å². The summed E-state index contributed by atoms with van der Waals surface area (Å²) in [6, 6.07) is 12.0. The van der Waals surface area contributed by atoms with E-state index in [0.29, 0.717) is 16.7 Å². The third-order valence-electron chi connectivity index (χ3n) is 2.63. The molecule has 0 saturated heterocycles. The van der Waals surface area contributed by atoms with Gasteiger partial charge in [0.2, 0.25) is 0 Å². The van der Waals surface area contributed by atoms with Crippen molar-refractivity contribution in [3.63, 3.8) is 0 Å². The van der Waals surface area contributed by atoms with Gasteiger partial charge in [-0.2, -0.15) is 8.42 Å². The van der Waals surface area contributed by atoms with Gasteiger partial charge in [-0.25, -0.2) is 5.14 Å². The number of hydrogen-bond acceptors (Lipinski definition) is 4. The van der Waals surface area contributed by atoms with Crippen LogP contribution in [0.2, 0.25) is 0 Å². The van der Waals surface area contributed by atoms with Crippen LogP contribution < -0.4 is 15.2 Å². The van der Waals surface area contributed by atoms with Crippen LogP contribution in [0.5, 0.6) is 5.75 Å². The van der Waals surface area contributed by atoms with Crippen LogP contribution in [0, 0.1) is 0 Å². The maximum absolute atomic E-state index is 11.0. The Hall–Kier alpha value is -1.77. The van der Waals surface area contributed by atoms with Crippen molar-refractivity contribution in [1.82, 2.24) is 0 Å². The van der Waals surface area contributed by atoms with E-state index >= 15 is 0 Å². The van der Waals surface area contributed by atoms with E-state index in [-0.39, 0.29) is 5.75 Å². The molecule has 21 heavy (non-hydrogen) atoms. The van der Waals surface area contributed by atoms with Gasteiger partial charge < -0.3 is 10.4 Å². The summed E-state index contributed by atoms with van der Waals surface area (Å²) in [5.41, 5.74) is 2.09. The van der Waals surface area contributed by atoms with Gasteiger partial charge in [-0.3, -0.25) is 4.72 Å². The molecule has 2 rings (SSSR count). The minimum absolute atomic E-state index is 0.179. The van der Waals surface area contributed by atoms with Crippen LogP contribution in [0.25, 0.3) is 0 Å². The highest BCUT2D eigenvalue weighted by molar-refractivity contribution is 9.10. The molecule has 0 atom stereocenters. The molecule has 6 nitrogen and oxygen atoms in total. The molecule has 0 amide bonds. The summed E-state index contributed by atoms with van der Waals surface area (Å²) < 4.78 is 24.8. The van der Waals surface area contributed by atoms with Crippen LogP contribution >= 0.6 is 15.9 Å². The molecule has 112 valence electrons. The molecule has 0 unspecified atom stereocenters. The van der Waals surface area contributed by atoms with Crippen molar-refractivity contribution >= 4 is 37.5 Å². The highest BCUT2D eigenvalue weighted by Crippen LogP contribution is 2.25. The summed E-state index contributed by atoms with van der Waals surface area (Å²) in [5, 5.41) is 17.5. The Labute approximate surface area is 131 Å². The van der Waals surface area contributed by atoms with Crippen molar-refractivity contribution in [2.24, 2.45) is 5.14 Å². The molecule has 0 aliphatic carbocycles. The minimum Gasteiger partial charge on any atom is -0.507 e. The smallest absolute Gasteiger partial charge is 0.296 e. The number of halogens is 1. The molecule has 0 radical (unpaired) electrons. The molecule has 0 spiro atoms. The molecular weight excluding hydrogens is 358 g/mol. The summed E-state index contributed by atoms with van der Waals surface area (Å²) in [6.07, 6.45) is 0. The molecule has 0 aliphatic heterocycles. The number of aromatic hydroxyl groups is 1. The van der Waals surface area contributed by atoms with Crippen molar-refractivity contribution in [3.8, 4) is 5.75 Å². The fourth-order valence-corrected chi connectivity index (χ4v) is 2.60. The molecule has 2 aromatic carbocycles. The highest BCUT2D eigenvalue weighted by atomic mass is 79.9. The first kappa shape index (κ1) is 15.6.